The summed E-state index contributed by atoms with van der Waals surface area (Å²) < 4.78 is 11.0. The quantitative estimate of drug-likeness (QED) is 0.442. The average Bonchev–Trinajstić information content (AvgIpc) is 2.84. The molecule has 1 aromatic rings. The number of carbonyl (C=O) groups excluding carboxylic acids is 2. The first-order chi connectivity index (χ1) is 8.97. The molecule has 1 saturated heterocycles. The zero-order valence-electron chi connectivity index (χ0n) is 11.1. The topological polar surface area (TPSA) is 56.5 Å². The maximum absolute atomic E-state index is 11.6. The Balaban J connectivity index is 2.00. The Bertz CT molecular complexity index is 581. The molecule has 4 nitrogen and oxygen atoms in total. The molecule has 100 valence electrons. The monoisotopic (exact) mass is 260 g/mol. The third-order valence-corrected chi connectivity index (χ3v) is 4.13. The van der Waals surface area contributed by atoms with Crippen LogP contribution in [0.4, 0.5) is 0 Å². The molecule has 0 N–H and O–H groups in total. The van der Waals surface area contributed by atoms with E-state index in [1.165, 1.54) is 6.92 Å². The molecule has 4 heteroatoms. The molecule has 0 spiro atoms. The summed E-state index contributed by atoms with van der Waals surface area (Å²) >= 11 is 0. The van der Waals surface area contributed by atoms with Crippen molar-refractivity contribution in [2.45, 2.75) is 38.7 Å². The van der Waals surface area contributed by atoms with Crippen molar-refractivity contribution >= 4 is 11.8 Å². The van der Waals surface area contributed by atoms with Gasteiger partial charge in [-0.1, -0.05) is 13.5 Å². The zero-order chi connectivity index (χ0) is 13.7. The summed E-state index contributed by atoms with van der Waals surface area (Å²) in [6.07, 6.45) is 1.22. The van der Waals surface area contributed by atoms with Crippen LogP contribution in [0.5, 0.6) is 0 Å². The van der Waals surface area contributed by atoms with Crippen LogP contribution in [0, 0.1) is 5.92 Å². The number of ether oxygens (including phenoxy) is 1. The number of furan rings is 1. The molecule has 1 aliphatic heterocycles. The summed E-state index contributed by atoms with van der Waals surface area (Å²) in [5.41, 5.74) is 1.58. The highest BCUT2D eigenvalue weighted by molar-refractivity contribution is 5.92. The van der Waals surface area contributed by atoms with Crippen molar-refractivity contribution in [3.8, 4) is 0 Å². The van der Waals surface area contributed by atoms with Crippen LogP contribution in [0.15, 0.2) is 22.6 Å². The van der Waals surface area contributed by atoms with Crippen molar-refractivity contribution < 1.29 is 18.7 Å². The van der Waals surface area contributed by atoms with Crippen molar-refractivity contribution in [1.29, 1.82) is 0 Å². The van der Waals surface area contributed by atoms with Crippen LogP contribution in [0.2, 0.25) is 0 Å². The van der Waals surface area contributed by atoms with Crippen LogP contribution in [0.3, 0.4) is 0 Å². The van der Waals surface area contributed by atoms with E-state index in [0.717, 1.165) is 17.7 Å². The van der Waals surface area contributed by atoms with Gasteiger partial charge in [-0.05, 0) is 24.0 Å². The predicted octanol–water partition coefficient (Wildman–Crippen LogP) is 2.63. The third kappa shape index (κ3) is 1.82. The summed E-state index contributed by atoms with van der Waals surface area (Å²) in [5, 5.41) is 0. The SMILES string of the molecule is C=C1C(=O)O[C@H]2C[C@H](C)c3cc(C(C)=O)oc3C[C@H]12. The van der Waals surface area contributed by atoms with Crippen LogP contribution in [0.1, 0.15) is 48.1 Å². The summed E-state index contributed by atoms with van der Waals surface area (Å²) in [4.78, 5) is 23.0. The van der Waals surface area contributed by atoms with Gasteiger partial charge in [0.05, 0.1) is 0 Å². The fraction of sp³-hybridized carbons (Fsp3) is 0.467. The van der Waals surface area contributed by atoms with E-state index in [2.05, 4.69) is 13.5 Å². The van der Waals surface area contributed by atoms with Crippen LogP contribution >= 0.6 is 0 Å². The van der Waals surface area contributed by atoms with Crippen LogP contribution in [0.25, 0.3) is 0 Å². The van der Waals surface area contributed by atoms with Crippen LogP contribution in [-0.2, 0) is 16.0 Å². The molecule has 0 bridgehead atoms. The van der Waals surface area contributed by atoms with Crippen molar-refractivity contribution in [2.24, 2.45) is 5.92 Å². The normalized spacial score (nSPS) is 29.5. The van der Waals surface area contributed by atoms with E-state index in [4.69, 9.17) is 9.15 Å². The standard InChI is InChI=1S/C15H16O4/c1-7-4-13-11(8(2)15(17)19-13)6-14-10(7)5-12(18-14)9(3)16/h5,7,11,13H,2,4,6H2,1,3H3/t7-,11+,13-/m0/s1. The second kappa shape index (κ2) is 4.08. The number of fused-ring (bicyclic) bond motifs is 2. The van der Waals surface area contributed by atoms with E-state index >= 15 is 0 Å². The number of rotatable bonds is 1. The molecule has 19 heavy (non-hydrogen) atoms. The van der Waals surface area contributed by atoms with E-state index in [1.54, 1.807) is 0 Å². The third-order valence-electron chi connectivity index (χ3n) is 4.13. The highest BCUT2D eigenvalue weighted by atomic mass is 16.6. The molecule has 1 aromatic heterocycles. The minimum Gasteiger partial charge on any atom is -0.458 e. The number of carbonyl (C=O) groups is 2. The van der Waals surface area contributed by atoms with Gasteiger partial charge in [-0.2, -0.15) is 0 Å². The summed E-state index contributed by atoms with van der Waals surface area (Å²) in [5.74, 6) is 0.997. The van der Waals surface area contributed by atoms with Crippen molar-refractivity contribution in [2.75, 3.05) is 0 Å². The van der Waals surface area contributed by atoms with Crippen LogP contribution in [-0.4, -0.2) is 17.9 Å². The lowest BCUT2D eigenvalue weighted by atomic mass is 9.91. The number of Topliss-reactive ketones (excluding diaryl/α,β-unsaturated/α-hetero) is 1. The molecule has 3 rings (SSSR count). The molecular weight excluding hydrogens is 244 g/mol. The van der Waals surface area contributed by atoms with Gasteiger partial charge in [-0.15, -0.1) is 0 Å². The summed E-state index contributed by atoms with van der Waals surface area (Å²) in [6.45, 7) is 7.38. The Kier molecular flexibility index (Phi) is 2.62. The predicted molar refractivity (Wildman–Crippen MR) is 68.0 cm³/mol. The van der Waals surface area contributed by atoms with E-state index in [0.29, 0.717) is 17.8 Å². The van der Waals surface area contributed by atoms with Gasteiger partial charge in [0, 0.05) is 24.8 Å². The molecule has 1 aliphatic carbocycles. The molecule has 0 aromatic carbocycles. The lowest BCUT2D eigenvalue weighted by Gasteiger charge is -2.15. The van der Waals surface area contributed by atoms with E-state index in [9.17, 15) is 9.59 Å². The van der Waals surface area contributed by atoms with Gasteiger partial charge < -0.3 is 9.15 Å². The van der Waals surface area contributed by atoms with Gasteiger partial charge in [0.2, 0.25) is 0 Å². The molecule has 3 atom stereocenters. The van der Waals surface area contributed by atoms with Crippen molar-refractivity contribution in [1.82, 2.24) is 0 Å². The smallest absolute Gasteiger partial charge is 0.334 e. The number of hydrogen-bond donors (Lipinski definition) is 0. The van der Waals surface area contributed by atoms with Gasteiger partial charge in [0.1, 0.15) is 11.9 Å². The Hall–Kier alpha value is -1.84. The summed E-state index contributed by atoms with van der Waals surface area (Å²) in [6, 6.07) is 1.83. The molecule has 0 radical (unpaired) electrons. The Morgan fingerprint density at radius 1 is 1.47 bits per heavy atom. The molecule has 0 saturated carbocycles. The van der Waals surface area contributed by atoms with Crippen molar-refractivity contribution in [3.63, 3.8) is 0 Å². The Morgan fingerprint density at radius 3 is 2.89 bits per heavy atom. The maximum atomic E-state index is 11.6. The molecule has 0 amide bonds. The minimum atomic E-state index is -0.302. The van der Waals surface area contributed by atoms with E-state index in [1.807, 2.05) is 6.07 Å². The fourth-order valence-corrected chi connectivity index (χ4v) is 3.01. The van der Waals surface area contributed by atoms with E-state index < -0.39 is 0 Å². The lowest BCUT2D eigenvalue weighted by molar-refractivity contribution is -0.139. The highest BCUT2D eigenvalue weighted by Gasteiger charge is 2.43. The number of esters is 1. The van der Waals surface area contributed by atoms with Gasteiger partial charge in [0.15, 0.2) is 11.5 Å². The second-order valence-electron chi connectivity index (χ2n) is 5.46. The zero-order valence-corrected chi connectivity index (χ0v) is 11.1. The van der Waals surface area contributed by atoms with Gasteiger partial charge in [0.25, 0.3) is 0 Å². The molecule has 1 fully saturated rings. The molecule has 2 aliphatic rings. The summed E-state index contributed by atoms with van der Waals surface area (Å²) in [7, 11) is 0. The van der Waals surface area contributed by atoms with Crippen LogP contribution < -0.4 is 0 Å². The highest BCUT2D eigenvalue weighted by Crippen LogP contribution is 2.41. The lowest BCUT2D eigenvalue weighted by Crippen LogP contribution is -2.18. The molecular formula is C15H16O4. The second-order valence-corrected chi connectivity index (χ2v) is 5.46. The first kappa shape index (κ1) is 12.2. The van der Waals surface area contributed by atoms with Crippen molar-refractivity contribution in [3.05, 3.63) is 35.3 Å². The van der Waals surface area contributed by atoms with Gasteiger partial charge in [-0.25, -0.2) is 4.79 Å². The fourth-order valence-electron chi connectivity index (χ4n) is 3.01. The maximum Gasteiger partial charge on any atom is 0.334 e. The number of ketones is 1. The largest absolute Gasteiger partial charge is 0.458 e. The molecule has 0 unspecified atom stereocenters. The van der Waals surface area contributed by atoms with Gasteiger partial charge >= 0.3 is 5.97 Å². The molecule has 2 heterocycles. The van der Waals surface area contributed by atoms with Gasteiger partial charge in [-0.3, -0.25) is 4.79 Å². The van der Waals surface area contributed by atoms with E-state index in [-0.39, 0.29) is 29.7 Å². The minimum absolute atomic E-state index is 0.0258. The number of hydrogen-bond acceptors (Lipinski definition) is 4. The Labute approximate surface area is 111 Å². The Morgan fingerprint density at radius 2 is 2.21 bits per heavy atom. The first-order valence-corrected chi connectivity index (χ1v) is 6.50. The first-order valence-electron chi connectivity index (χ1n) is 6.50. The average molecular weight is 260 g/mol.